The summed E-state index contributed by atoms with van der Waals surface area (Å²) >= 11 is 0. The van der Waals surface area contributed by atoms with Crippen LogP contribution in [0.25, 0.3) is 16.8 Å². The van der Waals surface area contributed by atoms with Crippen molar-refractivity contribution in [2.45, 2.75) is 19.5 Å². The quantitative estimate of drug-likeness (QED) is 0.625. The number of hydrogen-bond donors (Lipinski definition) is 0. The number of hydrogen-bond acceptors (Lipinski definition) is 3. The van der Waals surface area contributed by atoms with Crippen molar-refractivity contribution in [1.29, 1.82) is 0 Å². The van der Waals surface area contributed by atoms with Crippen molar-refractivity contribution in [3.8, 4) is 16.9 Å². The van der Waals surface area contributed by atoms with Crippen LogP contribution in [0, 0.1) is 6.92 Å². The van der Waals surface area contributed by atoms with Gasteiger partial charge in [-0.25, -0.2) is 0 Å². The lowest BCUT2D eigenvalue weighted by atomic mass is 10.0. The van der Waals surface area contributed by atoms with E-state index in [4.69, 9.17) is 0 Å². The first kappa shape index (κ1) is 17.1. The van der Waals surface area contributed by atoms with E-state index in [9.17, 15) is 26.3 Å². The molecule has 0 saturated heterocycles. The Bertz CT molecular complexity index is 929. The summed E-state index contributed by atoms with van der Waals surface area (Å²) in [5, 5.41) is 6.57. The number of benzene rings is 1. The van der Waals surface area contributed by atoms with Crippen LogP contribution in [0.2, 0.25) is 0 Å². The molecule has 0 atom stereocenters. The maximum atomic E-state index is 12.9. The van der Waals surface area contributed by atoms with Crippen molar-refractivity contribution >= 4 is 5.65 Å². The minimum atomic E-state index is -4.82. The van der Waals surface area contributed by atoms with Gasteiger partial charge in [0.25, 0.3) is 0 Å². The Kier molecular flexibility index (Phi) is 3.85. The Morgan fingerprint density at radius 1 is 0.960 bits per heavy atom. The zero-order chi connectivity index (χ0) is 18.4. The summed E-state index contributed by atoms with van der Waals surface area (Å²) in [7, 11) is 0. The summed E-state index contributed by atoms with van der Waals surface area (Å²) in [5.41, 5.74) is 1.24. The van der Waals surface area contributed by atoms with Gasteiger partial charge in [0, 0.05) is 6.20 Å². The molecule has 0 spiro atoms. The van der Waals surface area contributed by atoms with E-state index in [1.807, 2.05) is 0 Å². The number of rotatable bonds is 2. The molecule has 0 amide bonds. The Labute approximate surface area is 136 Å². The van der Waals surface area contributed by atoms with Gasteiger partial charge >= 0.3 is 12.5 Å². The molecule has 25 heavy (non-hydrogen) atoms. The average Bonchev–Trinajstić information content (AvgIpc) is 2.88. The standard InChI is InChI=1S/C15H9F6N3O/c1-8-6-10(25-15(19,20)21)3-4-11(8)9-2-5-12-22-23-13(14(16,17)18)24(12)7-9/h2-7H,1H3. The van der Waals surface area contributed by atoms with Crippen LogP contribution in [0.1, 0.15) is 11.4 Å². The Balaban J connectivity index is 2.04. The summed E-state index contributed by atoms with van der Waals surface area (Å²) in [4.78, 5) is 0. The van der Waals surface area contributed by atoms with Crippen molar-refractivity contribution in [3.63, 3.8) is 0 Å². The molecule has 0 saturated carbocycles. The highest BCUT2D eigenvalue weighted by molar-refractivity contribution is 5.69. The smallest absolute Gasteiger partial charge is 0.406 e. The summed E-state index contributed by atoms with van der Waals surface area (Å²) in [5.74, 6) is -1.59. The molecule has 3 aromatic rings. The molecule has 2 aromatic heterocycles. The minimum Gasteiger partial charge on any atom is -0.406 e. The van der Waals surface area contributed by atoms with Crippen LogP contribution in [0.3, 0.4) is 0 Å². The van der Waals surface area contributed by atoms with Gasteiger partial charge < -0.3 is 4.74 Å². The first-order valence-electron chi connectivity index (χ1n) is 6.83. The fourth-order valence-electron chi connectivity index (χ4n) is 2.40. The molecular formula is C15H9F6N3O. The van der Waals surface area contributed by atoms with Gasteiger partial charge in [0.2, 0.25) is 5.82 Å². The van der Waals surface area contributed by atoms with Crippen LogP contribution in [-0.2, 0) is 6.18 Å². The second-order valence-electron chi connectivity index (χ2n) is 5.19. The van der Waals surface area contributed by atoms with Gasteiger partial charge in [-0.3, -0.25) is 4.40 Å². The van der Waals surface area contributed by atoms with Crippen LogP contribution in [0.15, 0.2) is 36.5 Å². The van der Waals surface area contributed by atoms with Crippen molar-refractivity contribution in [2.75, 3.05) is 0 Å². The third-order valence-electron chi connectivity index (χ3n) is 3.40. The molecule has 0 radical (unpaired) electrons. The lowest BCUT2D eigenvalue weighted by molar-refractivity contribution is -0.274. The SMILES string of the molecule is Cc1cc(OC(F)(F)F)ccc1-c1ccc2nnc(C(F)(F)F)n2c1. The maximum absolute atomic E-state index is 12.9. The third-order valence-corrected chi connectivity index (χ3v) is 3.40. The van der Waals surface area contributed by atoms with Crippen LogP contribution >= 0.6 is 0 Å². The summed E-state index contributed by atoms with van der Waals surface area (Å²) in [6, 6.07) is 6.45. The number of aryl methyl sites for hydroxylation is 1. The number of aromatic nitrogens is 3. The fourth-order valence-corrected chi connectivity index (χ4v) is 2.40. The zero-order valence-electron chi connectivity index (χ0n) is 12.5. The predicted octanol–water partition coefficient (Wildman–Crippen LogP) is 4.62. The first-order valence-corrected chi connectivity index (χ1v) is 6.83. The summed E-state index contributed by atoms with van der Waals surface area (Å²) in [6.45, 7) is 1.53. The van der Waals surface area contributed by atoms with Crippen LogP contribution in [0.5, 0.6) is 5.75 Å². The molecule has 0 aliphatic heterocycles. The second kappa shape index (κ2) is 5.64. The van der Waals surface area contributed by atoms with E-state index in [0.717, 1.165) is 16.5 Å². The highest BCUT2D eigenvalue weighted by atomic mass is 19.4. The molecule has 3 rings (SSSR count). The van der Waals surface area contributed by atoms with E-state index in [0.29, 0.717) is 16.7 Å². The first-order chi connectivity index (χ1) is 11.5. The molecule has 1 aromatic carbocycles. The maximum Gasteiger partial charge on any atom is 0.573 e. The molecule has 0 aliphatic rings. The average molecular weight is 361 g/mol. The van der Waals surface area contributed by atoms with Crippen LogP contribution in [-0.4, -0.2) is 21.0 Å². The molecule has 0 bridgehead atoms. The molecule has 4 nitrogen and oxygen atoms in total. The number of alkyl halides is 6. The summed E-state index contributed by atoms with van der Waals surface area (Å²) < 4.78 is 80.1. The van der Waals surface area contributed by atoms with Crippen molar-refractivity contribution < 1.29 is 31.1 Å². The molecule has 2 heterocycles. The van der Waals surface area contributed by atoms with Gasteiger partial charge in [-0.2, -0.15) is 13.2 Å². The Hall–Kier alpha value is -2.78. The molecular weight excluding hydrogens is 352 g/mol. The number of pyridine rings is 1. The number of fused-ring (bicyclic) bond motifs is 1. The lowest BCUT2D eigenvalue weighted by Crippen LogP contribution is -2.17. The number of ether oxygens (including phenoxy) is 1. The van der Waals surface area contributed by atoms with E-state index in [1.54, 1.807) is 0 Å². The van der Waals surface area contributed by atoms with Gasteiger partial charge in [0.1, 0.15) is 5.75 Å². The van der Waals surface area contributed by atoms with E-state index in [2.05, 4.69) is 14.9 Å². The zero-order valence-corrected chi connectivity index (χ0v) is 12.5. The lowest BCUT2D eigenvalue weighted by Gasteiger charge is -2.12. The fraction of sp³-hybridized carbons (Fsp3) is 0.200. The summed E-state index contributed by atoms with van der Waals surface area (Å²) in [6.07, 6.45) is -8.32. The normalized spacial score (nSPS) is 12.6. The monoisotopic (exact) mass is 361 g/mol. The highest BCUT2D eigenvalue weighted by Crippen LogP contribution is 2.32. The molecule has 10 heteroatoms. The number of nitrogens with zero attached hydrogens (tertiary/aromatic N) is 3. The Morgan fingerprint density at radius 3 is 2.28 bits per heavy atom. The van der Waals surface area contributed by atoms with Gasteiger partial charge in [0.05, 0.1) is 0 Å². The molecule has 132 valence electrons. The highest BCUT2D eigenvalue weighted by Gasteiger charge is 2.37. The van der Waals surface area contributed by atoms with Gasteiger partial charge in [-0.05, 0) is 47.9 Å². The van der Waals surface area contributed by atoms with Crippen molar-refractivity contribution in [3.05, 3.63) is 47.9 Å². The molecule has 0 fully saturated rings. The molecule has 0 aliphatic carbocycles. The Morgan fingerprint density at radius 2 is 1.68 bits per heavy atom. The van der Waals surface area contributed by atoms with Gasteiger partial charge in [-0.1, -0.05) is 6.07 Å². The molecule has 0 N–H and O–H groups in total. The van der Waals surface area contributed by atoms with E-state index in [-0.39, 0.29) is 5.65 Å². The minimum absolute atomic E-state index is 0.00533. The van der Waals surface area contributed by atoms with Crippen molar-refractivity contribution in [2.24, 2.45) is 0 Å². The second-order valence-corrected chi connectivity index (χ2v) is 5.19. The number of halogens is 6. The van der Waals surface area contributed by atoms with E-state index in [1.165, 1.54) is 31.3 Å². The van der Waals surface area contributed by atoms with E-state index >= 15 is 0 Å². The third kappa shape index (κ3) is 3.52. The largest absolute Gasteiger partial charge is 0.573 e. The molecule has 0 unspecified atom stereocenters. The van der Waals surface area contributed by atoms with Crippen LogP contribution in [0.4, 0.5) is 26.3 Å². The van der Waals surface area contributed by atoms with Crippen molar-refractivity contribution in [1.82, 2.24) is 14.6 Å². The van der Waals surface area contributed by atoms with Gasteiger partial charge in [-0.15, -0.1) is 23.4 Å². The van der Waals surface area contributed by atoms with Crippen LogP contribution < -0.4 is 4.74 Å². The topological polar surface area (TPSA) is 39.4 Å². The van der Waals surface area contributed by atoms with E-state index < -0.39 is 24.1 Å². The predicted molar refractivity (Wildman–Crippen MR) is 74.8 cm³/mol. The van der Waals surface area contributed by atoms with Gasteiger partial charge in [0.15, 0.2) is 5.65 Å².